The Labute approximate surface area is 209 Å². The van der Waals surface area contributed by atoms with E-state index in [4.69, 9.17) is 11.6 Å². The molecule has 5 fully saturated rings. The van der Waals surface area contributed by atoms with Crippen molar-refractivity contribution >= 4 is 17.5 Å². The number of fused-ring (bicyclic) bond motifs is 1. The van der Waals surface area contributed by atoms with E-state index in [1.807, 2.05) is 11.0 Å². The first kappa shape index (κ1) is 20.8. The second kappa shape index (κ2) is 6.71. The quantitative estimate of drug-likeness (QED) is 0.688. The van der Waals surface area contributed by atoms with Crippen molar-refractivity contribution in [3.8, 4) is 5.75 Å². The number of hydrogen-bond donors (Lipinski definition) is 2. The van der Waals surface area contributed by atoms with E-state index in [2.05, 4.69) is 22.0 Å². The fourth-order valence-electron chi connectivity index (χ4n) is 9.74. The van der Waals surface area contributed by atoms with E-state index >= 15 is 0 Å². The number of H-pyrrole nitrogens is 1. The third kappa shape index (κ3) is 2.45. The minimum absolute atomic E-state index is 0.0146. The number of carbonyl (C=O) groups excluding carboxylic acids is 1. The van der Waals surface area contributed by atoms with Gasteiger partial charge in [0.15, 0.2) is 0 Å². The minimum atomic E-state index is -0.370. The summed E-state index contributed by atoms with van der Waals surface area (Å²) in [6.45, 7) is 3.04. The number of likely N-dealkylation sites (tertiary alicyclic amines) is 2. The van der Waals surface area contributed by atoms with E-state index in [-0.39, 0.29) is 34.0 Å². The summed E-state index contributed by atoms with van der Waals surface area (Å²) < 4.78 is 0. The maximum atomic E-state index is 13.7. The Balaban J connectivity index is 1.26. The molecule has 182 valence electrons. The first-order valence-electron chi connectivity index (χ1n) is 13.2. The number of hydrogen-bond acceptors (Lipinski definition) is 4. The Morgan fingerprint density at radius 3 is 2.89 bits per heavy atom. The van der Waals surface area contributed by atoms with E-state index in [0.29, 0.717) is 35.1 Å². The monoisotopic (exact) mass is 491 g/mol. The van der Waals surface area contributed by atoms with Crippen molar-refractivity contribution in [3.63, 3.8) is 0 Å². The molecule has 6 aliphatic rings. The van der Waals surface area contributed by atoms with Crippen LogP contribution in [0.1, 0.15) is 53.6 Å². The van der Waals surface area contributed by atoms with Gasteiger partial charge in [0, 0.05) is 42.8 Å². The number of phenols is 1. The van der Waals surface area contributed by atoms with Gasteiger partial charge >= 0.3 is 0 Å². The number of benzene rings is 1. The molecular formula is C28H30ClN3O3. The van der Waals surface area contributed by atoms with E-state index in [1.165, 1.54) is 42.8 Å². The molecule has 35 heavy (non-hydrogen) atoms. The summed E-state index contributed by atoms with van der Waals surface area (Å²) >= 11 is 6.15. The largest absolute Gasteiger partial charge is 0.508 e. The number of phenolic OH excluding ortho intramolecular Hbond substituents is 1. The average molecular weight is 492 g/mol. The molecule has 1 spiro atoms. The number of nitrogens with zero attached hydrogens (tertiary/aromatic N) is 2. The van der Waals surface area contributed by atoms with Crippen LogP contribution < -0.4 is 5.56 Å². The van der Waals surface area contributed by atoms with E-state index < -0.39 is 0 Å². The number of carbonyl (C=O) groups is 1. The van der Waals surface area contributed by atoms with Crippen LogP contribution in [0.3, 0.4) is 0 Å². The summed E-state index contributed by atoms with van der Waals surface area (Å²) in [6.07, 6.45) is 8.39. The topological polar surface area (TPSA) is 76.6 Å². The van der Waals surface area contributed by atoms with Crippen molar-refractivity contribution in [3.05, 3.63) is 62.5 Å². The summed E-state index contributed by atoms with van der Waals surface area (Å²) in [5.74, 6) is 2.33. The molecule has 3 heterocycles. The van der Waals surface area contributed by atoms with Gasteiger partial charge in [-0.25, -0.2) is 0 Å². The lowest BCUT2D eigenvalue weighted by Crippen LogP contribution is -2.62. The van der Waals surface area contributed by atoms with Crippen LogP contribution in [0.25, 0.3) is 0 Å². The fraction of sp³-hybridized carbons (Fsp3) is 0.571. The first-order valence-corrected chi connectivity index (χ1v) is 13.6. The Hall–Kier alpha value is -2.31. The van der Waals surface area contributed by atoms with Crippen LogP contribution in [-0.4, -0.2) is 57.0 Å². The van der Waals surface area contributed by atoms with Crippen LogP contribution in [-0.2, 0) is 11.8 Å². The number of halogens is 1. The number of aromatic hydroxyl groups is 1. The molecule has 5 unspecified atom stereocenters. The highest BCUT2D eigenvalue weighted by atomic mass is 35.5. The Kier molecular flexibility index (Phi) is 4.00. The second-order valence-corrected chi connectivity index (χ2v) is 12.5. The Bertz CT molecular complexity index is 1340. The number of aromatic nitrogens is 1. The lowest BCUT2D eigenvalue weighted by molar-refractivity contribution is 0.00871. The van der Waals surface area contributed by atoms with Gasteiger partial charge in [0.25, 0.3) is 11.5 Å². The van der Waals surface area contributed by atoms with Gasteiger partial charge in [-0.3, -0.25) is 14.5 Å². The summed E-state index contributed by atoms with van der Waals surface area (Å²) in [7, 11) is 0. The maximum absolute atomic E-state index is 13.7. The van der Waals surface area contributed by atoms with Gasteiger partial charge in [0.1, 0.15) is 11.3 Å². The smallest absolute Gasteiger partial charge is 0.260 e. The lowest BCUT2D eigenvalue weighted by Gasteiger charge is -2.54. The Morgan fingerprint density at radius 1 is 1.20 bits per heavy atom. The molecule has 1 aromatic heterocycles. The molecule has 2 saturated heterocycles. The Morgan fingerprint density at radius 2 is 2.06 bits per heavy atom. The molecule has 0 radical (unpaired) electrons. The number of pyridine rings is 1. The number of rotatable bonds is 3. The van der Waals surface area contributed by atoms with Crippen LogP contribution in [0.2, 0.25) is 5.02 Å². The van der Waals surface area contributed by atoms with Gasteiger partial charge in [-0.15, -0.1) is 0 Å². The highest BCUT2D eigenvalue weighted by Gasteiger charge is 2.79. The van der Waals surface area contributed by atoms with Gasteiger partial charge in [-0.05, 0) is 91.5 Å². The fourth-order valence-corrected chi connectivity index (χ4v) is 9.90. The molecule has 6 nitrogen and oxygen atoms in total. The summed E-state index contributed by atoms with van der Waals surface area (Å²) in [5.41, 5.74) is 2.64. The highest BCUT2D eigenvalue weighted by molar-refractivity contribution is 6.30. The van der Waals surface area contributed by atoms with Crippen molar-refractivity contribution in [1.29, 1.82) is 0 Å². The second-order valence-electron chi connectivity index (χ2n) is 12.1. The predicted molar refractivity (Wildman–Crippen MR) is 132 cm³/mol. The van der Waals surface area contributed by atoms with Crippen molar-refractivity contribution in [1.82, 2.24) is 14.8 Å². The third-order valence-electron chi connectivity index (χ3n) is 10.7. The molecule has 2 bridgehead atoms. The molecule has 2 aliphatic heterocycles. The standard InChI is InChI=1S/C28H30ClN3O3/c29-19-8-21(25(34)30-11-19)26(35)32-13-17-10-27-6-5-23(32)24(17)28(27)18(14-31(27)12-15-1-2-15)7-16-3-4-20(33)9-22(16)28/h3-4,8-9,11,15,17-18,23-24,33H,1-2,5-7,10,12-14H2,(H,30,34)/t17-,18?,23?,24?,27?,28?/m1/s1. The summed E-state index contributed by atoms with van der Waals surface area (Å²) in [6, 6.07) is 7.67. The predicted octanol–water partition coefficient (Wildman–Crippen LogP) is 3.56. The number of amides is 1. The van der Waals surface area contributed by atoms with Crippen molar-refractivity contribution in [2.45, 2.75) is 55.5 Å². The van der Waals surface area contributed by atoms with Crippen molar-refractivity contribution < 1.29 is 9.90 Å². The van der Waals surface area contributed by atoms with Crippen LogP contribution in [0.4, 0.5) is 0 Å². The normalized spacial score (nSPS) is 38.5. The van der Waals surface area contributed by atoms with Crippen LogP contribution in [0.5, 0.6) is 5.75 Å². The molecule has 6 atom stereocenters. The van der Waals surface area contributed by atoms with Crippen LogP contribution in [0.15, 0.2) is 35.3 Å². The maximum Gasteiger partial charge on any atom is 0.260 e. The molecule has 2 N–H and O–H groups in total. The number of nitrogens with one attached hydrogen (secondary N) is 1. The first-order chi connectivity index (χ1) is 16.9. The molecule has 3 saturated carbocycles. The van der Waals surface area contributed by atoms with Gasteiger partial charge in [-0.1, -0.05) is 17.7 Å². The average Bonchev–Trinajstić information content (AvgIpc) is 3.36. The highest BCUT2D eigenvalue weighted by Crippen LogP contribution is 2.75. The molecule has 1 amide bonds. The van der Waals surface area contributed by atoms with E-state index in [0.717, 1.165) is 38.1 Å². The van der Waals surface area contributed by atoms with Gasteiger partial charge < -0.3 is 15.0 Å². The van der Waals surface area contributed by atoms with Crippen molar-refractivity contribution in [2.24, 2.45) is 23.7 Å². The molecule has 7 heteroatoms. The molecular weight excluding hydrogens is 462 g/mol. The zero-order valence-electron chi connectivity index (χ0n) is 19.7. The molecule has 8 rings (SSSR count). The molecule has 1 aromatic carbocycles. The van der Waals surface area contributed by atoms with Crippen LogP contribution in [0, 0.1) is 23.7 Å². The van der Waals surface area contributed by atoms with Crippen LogP contribution >= 0.6 is 11.6 Å². The van der Waals surface area contributed by atoms with Gasteiger partial charge in [0.05, 0.1) is 5.02 Å². The zero-order valence-corrected chi connectivity index (χ0v) is 20.4. The van der Waals surface area contributed by atoms with E-state index in [9.17, 15) is 14.7 Å². The van der Waals surface area contributed by atoms with Gasteiger partial charge in [-0.2, -0.15) is 0 Å². The lowest BCUT2D eigenvalue weighted by atomic mass is 9.55. The summed E-state index contributed by atoms with van der Waals surface area (Å²) in [4.78, 5) is 33.8. The zero-order chi connectivity index (χ0) is 23.7. The SMILES string of the molecule is O=C(c1cc(Cl)c[nH]c1=O)N1C[C@H]2CC34CCC1C2C31c2cc(O)ccc2CC1CN4CC1CC1. The molecule has 2 aromatic rings. The third-order valence-corrected chi connectivity index (χ3v) is 11.0. The van der Waals surface area contributed by atoms with Crippen molar-refractivity contribution in [2.75, 3.05) is 19.6 Å². The summed E-state index contributed by atoms with van der Waals surface area (Å²) in [5, 5.41) is 11.0. The molecule has 4 aliphatic carbocycles. The minimum Gasteiger partial charge on any atom is -0.508 e. The van der Waals surface area contributed by atoms with E-state index in [1.54, 1.807) is 0 Å². The van der Waals surface area contributed by atoms with Gasteiger partial charge in [0.2, 0.25) is 0 Å². The number of aromatic amines is 1.